The number of anilines is 1. The number of nitrogens with zero attached hydrogens (tertiary/aromatic N) is 1. The predicted molar refractivity (Wildman–Crippen MR) is 74.6 cm³/mol. The molecule has 0 bridgehead atoms. The van der Waals surface area contributed by atoms with E-state index >= 15 is 0 Å². The number of nitrogens with two attached hydrogens (primary N) is 1. The van der Waals surface area contributed by atoms with Crippen LogP contribution in [0.15, 0.2) is 29.1 Å². The molecule has 0 aliphatic heterocycles. The van der Waals surface area contributed by atoms with Crippen LogP contribution in [0, 0.1) is 6.92 Å². The topological polar surface area (TPSA) is 81.0 Å². The molecule has 0 fully saturated rings. The number of nitrogens with one attached hydrogen (secondary N) is 1. The van der Waals surface area contributed by atoms with E-state index in [0.29, 0.717) is 17.3 Å². The zero-order valence-corrected chi connectivity index (χ0v) is 11.2. The van der Waals surface area contributed by atoms with Gasteiger partial charge in [-0.15, -0.1) is 0 Å². The van der Waals surface area contributed by atoms with Gasteiger partial charge in [0.15, 0.2) is 5.75 Å². The monoisotopic (exact) mass is 259 g/mol. The van der Waals surface area contributed by atoms with E-state index in [1.54, 1.807) is 6.07 Å². The van der Waals surface area contributed by atoms with E-state index in [-0.39, 0.29) is 17.4 Å². The standard InChI is InChI=1S/C14H17N3O2/c1-8(2)14-16-11(18)7-12(17-14)19-13-9(3)5-4-6-10(13)15/h4-8H,15H2,1-3H3,(H,16,17,18). The second-order valence-corrected chi connectivity index (χ2v) is 4.72. The maximum atomic E-state index is 11.6. The van der Waals surface area contributed by atoms with E-state index in [9.17, 15) is 4.79 Å². The SMILES string of the molecule is Cc1cccc(N)c1Oc1cc(=O)[nH]c(C(C)C)n1. The van der Waals surface area contributed by atoms with Gasteiger partial charge in [-0.05, 0) is 18.6 Å². The lowest BCUT2D eigenvalue weighted by molar-refractivity contribution is 0.454. The summed E-state index contributed by atoms with van der Waals surface area (Å²) in [6.07, 6.45) is 0. The van der Waals surface area contributed by atoms with Crippen molar-refractivity contribution in [2.24, 2.45) is 0 Å². The summed E-state index contributed by atoms with van der Waals surface area (Å²) in [4.78, 5) is 18.5. The number of aryl methyl sites for hydroxylation is 1. The summed E-state index contributed by atoms with van der Waals surface area (Å²) in [7, 11) is 0. The third-order valence-corrected chi connectivity index (χ3v) is 2.73. The molecule has 0 amide bonds. The van der Waals surface area contributed by atoms with Crippen molar-refractivity contribution < 1.29 is 4.74 Å². The average Bonchev–Trinajstić information content (AvgIpc) is 2.33. The van der Waals surface area contributed by atoms with Crippen LogP contribution in [0.4, 0.5) is 5.69 Å². The molecule has 0 saturated heterocycles. The van der Waals surface area contributed by atoms with Crippen LogP contribution >= 0.6 is 0 Å². The number of hydrogen-bond acceptors (Lipinski definition) is 4. The van der Waals surface area contributed by atoms with E-state index < -0.39 is 0 Å². The number of ether oxygens (including phenoxy) is 1. The van der Waals surface area contributed by atoms with Crippen LogP contribution in [0.25, 0.3) is 0 Å². The molecule has 2 aromatic rings. The quantitative estimate of drug-likeness (QED) is 0.830. The molecule has 0 unspecified atom stereocenters. The summed E-state index contributed by atoms with van der Waals surface area (Å²) in [5.74, 6) is 1.50. The van der Waals surface area contributed by atoms with Gasteiger partial charge < -0.3 is 15.5 Å². The molecule has 0 radical (unpaired) electrons. The molecule has 0 aliphatic rings. The fourth-order valence-electron chi connectivity index (χ4n) is 1.70. The molecular weight excluding hydrogens is 242 g/mol. The van der Waals surface area contributed by atoms with Crippen LogP contribution in [0.2, 0.25) is 0 Å². The Balaban J connectivity index is 2.41. The molecule has 1 heterocycles. The van der Waals surface area contributed by atoms with Gasteiger partial charge in [-0.2, -0.15) is 4.98 Å². The highest BCUT2D eigenvalue weighted by Crippen LogP contribution is 2.29. The molecule has 19 heavy (non-hydrogen) atoms. The second kappa shape index (κ2) is 5.14. The number of H-pyrrole nitrogens is 1. The molecule has 100 valence electrons. The van der Waals surface area contributed by atoms with Crippen molar-refractivity contribution in [1.82, 2.24) is 9.97 Å². The average molecular weight is 259 g/mol. The van der Waals surface area contributed by atoms with Crippen LogP contribution in [0.5, 0.6) is 11.6 Å². The van der Waals surface area contributed by atoms with Crippen LogP contribution in [0.1, 0.15) is 31.2 Å². The van der Waals surface area contributed by atoms with Crippen LogP contribution in [0.3, 0.4) is 0 Å². The summed E-state index contributed by atoms with van der Waals surface area (Å²) >= 11 is 0. The van der Waals surface area contributed by atoms with Crippen molar-refractivity contribution in [2.75, 3.05) is 5.73 Å². The smallest absolute Gasteiger partial charge is 0.254 e. The molecule has 0 atom stereocenters. The summed E-state index contributed by atoms with van der Waals surface area (Å²) in [6.45, 7) is 5.79. The van der Waals surface area contributed by atoms with Gasteiger partial charge in [0.05, 0.1) is 11.8 Å². The van der Waals surface area contributed by atoms with Crippen LogP contribution < -0.4 is 16.0 Å². The molecule has 0 spiro atoms. The molecule has 1 aromatic heterocycles. The highest BCUT2D eigenvalue weighted by Gasteiger charge is 2.10. The Morgan fingerprint density at radius 1 is 1.37 bits per heavy atom. The summed E-state index contributed by atoms with van der Waals surface area (Å²) in [5, 5.41) is 0. The molecule has 5 heteroatoms. The second-order valence-electron chi connectivity index (χ2n) is 4.72. The fourth-order valence-corrected chi connectivity index (χ4v) is 1.70. The fraction of sp³-hybridized carbons (Fsp3) is 0.286. The Morgan fingerprint density at radius 3 is 2.74 bits per heavy atom. The van der Waals surface area contributed by atoms with E-state index in [4.69, 9.17) is 10.5 Å². The molecular formula is C14H17N3O2. The normalized spacial score (nSPS) is 10.7. The summed E-state index contributed by atoms with van der Waals surface area (Å²) < 4.78 is 5.66. The number of nitrogen functional groups attached to an aromatic ring is 1. The van der Waals surface area contributed by atoms with Gasteiger partial charge >= 0.3 is 0 Å². The number of benzene rings is 1. The summed E-state index contributed by atoms with van der Waals surface area (Å²) in [6, 6.07) is 6.81. The van der Waals surface area contributed by atoms with Gasteiger partial charge in [0.1, 0.15) is 5.82 Å². The van der Waals surface area contributed by atoms with Crippen LogP contribution in [-0.4, -0.2) is 9.97 Å². The van der Waals surface area contributed by atoms with Gasteiger partial charge in [-0.3, -0.25) is 4.79 Å². The number of aromatic nitrogens is 2. The Labute approximate surface area is 111 Å². The maximum absolute atomic E-state index is 11.6. The first-order valence-electron chi connectivity index (χ1n) is 6.11. The lowest BCUT2D eigenvalue weighted by Crippen LogP contribution is -2.12. The first-order valence-corrected chi connectivity index (χ1v) is 6.11. The van der Waals surface area contributed by atoms with E-state index in [1.165, 1.54) is 6.07 Å². The highest BCUT2D eigenvalue weighted by atomic mass is 16.5. The minimum atomic E-state index is -0.235. The Morgan fingerprint density at radius 2 is 2.11 bits per heavy atom. The summed E-state index contributed by atoms with van der Waals surface area (Å²) in [5.41, 5.74) is 7.05. The van der Waals surface area contributed by atoms with Gasteiger partial charge in [0.25, 0.3) is 5.56 Å². The van der Waals surface area contributed by atoms with Crippen molar-refractivity contribution >= 4 is 5.69 Å². The number of aromatic amines is 1. The zero-order valence-electron chi connectivity index (χ0n) is 11.2. The van der Waals surface area contributed by atoms with Crippen molar-refractivity contribution in [3.8, 4) is 11.6 Å². The van der Waals surface area contributed by atoms with Crippen molar-refractivity contribution in [1.29, 1.82) is 0 Å². The van der Waals surface area contributed by atoms with Crippen LogP contribution in [-0.2, 0) is 0 Å². The number of rotatable bonds is 3. The predicted octanol–water partition coefficient (Wildman–Crippen LogP) is 2.58. The van der Waals surface area contributed by atoms with Gasteiger partial charge in [-0.25, -0.2) is 0 Å². The first-order chi connectivity index (χ1) is 8.97. The first kappa shape index (κ1) is 13.1. The number of para-hydroxylation sites is 1. The highest BCUT2D eigenvalue weighted by molar-refractivity contribution is 5.57. The van der Waals surface area contributed by atoms with E-state index in [0.717, 1.165) is 5.56 Å². The molecule has 1 aromatic carbocycles. The van der Waals surface area contributed by atoms with E-state index in [1.807, 2.05) is 32.9 Å². The lowest BCUT2D eigenvalue weighted by Gasteiger charge is -2.11. The Bertz CT molecular complexity index is 627. The molecule has 5 nitrogen and oxygen atoms in total. The Kier molecular flexibility index (Phi) is 3.55. The minimum absolute atomic E-state index is 0.116. The maximum Gasteiger partial charge on any atom is 0.254 e. The van der Waals surface area contributed by atoms with Crippen molar-refractivity contribution in [3.63, 3.8) is 0 Å². The van der Waals surface area contributed by atoms with Crippen molar-refractivity contribution in [3.05, 3.63) is 46.0 Å². The molecule has 2 rings (SSSR count). The van der Waals surface area contributed by atoms with Gasteiger partial charge in [-0.1, -0.05) is 26.0 Å². The minimum Gasteiger partial charge on any atom is -0.436 e. The third kappa shape index (κ3) is 2.93. The largest absolute Gasteiger partial charge is 0.436 e. The number of hydrogen-bond donors (Lipinski definition) is 2. The molecule has 0 aliphatic carbocycles. The van der Waals surface area contributed by atoms with Crippen molar-refractivity contribution in [2.45, 2.75) is 26.7 Å². The lowest BCUT2D eigenvalue weighted by atomic mass is 10.2. The van der Waals surface area contributed by atoms with Gasteiger partial charge in [0.2, 0.25) is 5.88 Å². The Hall–Kier alpha value is -2.30. The van der Waals surface area contributed by atoms with E-state index in [2.05, 4.69) is 9.97 Å². The molecule has 0 saturated carbocycles. The zero-order chi connectivity index (χ0) is 14.0. The van der Waals surface area contributed by atoms with Gasteiger partial charge in [0, 0.05) is 5.92 Å². The third-order valence-electron chi connectivity index (χ3n) is 2.73. The molecule has 3 N–H and O–H groups in total.